The predicted molar refractivity (Wildman–Crippen MR) is 106 cm³/mol. The van der Waals surface area contributed by atoms with Crippen LogP contribution in [0.15, 0.2) is 47.4 Å². The number of carbonyl (C=O) groups excluding carboxylic acids is 1. The lowest BCUT2D eigenvalue weighted by atomic mass is 10.1. The summed E-state index contributed by atoms with van der Waals surface area (Å²) in [6.45, 7) is 2.16. The Bertz CT molecular complexity index is 992. The third-order valence-corrected chi connectivity index (χ3v) is 6.38. The predicted octanol–water partition coefficient (Wildman–Crippen LogP) is 2.32. The molecule has 1 amide bonds. The summed E-state index contributed by atoms with van der Waals surface area (Å²) in [4.78, 5) is 15.3. The van der Waals surface area contributed by atoms with Gasteiger partial charge in [-0.2, -0.15) is 0 Å². The van der Waals surface area contributed by atoms with E-state index in [0.717, 1.165) is 11.3 Å². The van der Waals surface area contributed by atoms with Gasteiger partial charge in [0.2, 0.25) is 15.9 Å². The number of nitrogens with zero attached hydrogens (tertiary/aromatic N) is 2. The maximum atomic E-state index is 13.6. The van der Waals surface area contributed by atoms with Crippen LogP contribution in [0.2, 0.25) is 0 Å². The molecule has 1 heterocycles. The highest BCUT2D eigenvalue weighted by Crippen LogP contribution is 2.30. The molecule has 6 nitrogen and oxygen atoms in total. The molecule has 0 aromatic heterocycles. The monoisotopic (exact) mass is 405 g/mol. The van der Waals surface area contributed by atoms with E-state index in [2.05, 4.69) is 4.72 Å². The molecule has 0 saturated carbocycles. The molecule has 1 atom stereocenters. The van der Waals surface area contributed by atoms with Crippen molar-refractivity contribution in [3.8, 4) is 0 Å². The van der Waals surface area contributed by atoms with Crippen LogP contribution in [-0.4, -0.2) is 46.4 Å². The molecule has 1 aliphatic heterocycles. The van der Waals surface area contributed by atoms with Crippen molar-refractivity contribution in [2.24, 2.45) is 0 Å². The Morgan fingerprint density at radius 3 is 2.64 bits per heavy atom. The van der Waals surface area contributed by atoms with Crippen molar-refractivity contribution >= 4 is 21.6 Å². The van der Waals surface area contributed by atoms with Crippen molar-refractivity contribution in [2.75, 3.05) is 32.1 Å². The van der Waals surface area contributed by atoms with Crippen molar-refractivity contribution < 1.29 is 17.6 Å². The van der Waals surface area contributed by atoms with Gasteiger partial charge in [0.1, 0.15) is 5.82 Å². The normalized spacial score (nSPS) is 15.0. The first kappa shape index (κ1) is 20.4. The number of rotatable bonds is 6. The molecule has 0 bridgehead atoms. The topological polar surface area (TPSA) is 69.7 Å². The SMILES string of the molecule is CC(=O)N1CCc2cc(S(=O)(=O)NCC(c3cccc(F)c3)N(C)C)ccc21. The summed E-state index contributed by atoms with van der Waals surface area (Å²) in [5.41, 5.74) is 2.29. The molecule has 28 heavy (non-hydrogen) atoms. The molecule has 1 aliphatic rings. The van der Waals surface area contributed by atoms with Crippen molar-refractivity contribution in [2.45, 2.75) is 24.3 Å². The summed E-state index contributed by atoms with van der Waals surface area (Å²) >= 11 is 0. The van der Waals surface area contributed by atoms with Crippen LogP contribution >= 0.6 is 0 Å². The lowest BCUT2D eigenvalue weighted by Crippen LogP contribution is -2.34. The number of hydrogen-bond donors (Lipinski definition) is 1. The van der Waals surface area contributed by atoms with E-state index in [0.29, 0.717) is 18.5 Å². The van der Waals surface area contributed by atoms with Crippen molar-refractivity contribution in [1.82, 2.24) is 9.62 Å². The van der Waals surface area contributed by atoms with Crippen LogP contribution in [0.1, 0.15) is 24.1 Å². The number of sulfonamides is 1. The number of likely N-dealkylation sites (N-methyl/N-ethyl adjacent to an activating group) is 1. The zero-order chi connectivity index (χ0) is 20.5. The highest BCUT2D eigenvalue weighted by molar-refractivity contribution is 7.89. The van der Waals surface area contributed by atoms with E-state index in [4.69, 9.17) is 0 Å². The maximum Gasteiger partial charge on any atom is 0.240 e. The number of anilines is 1. The fraction of sp³-hybridized carbons (Fsp3) is 0.350. The third-order valence-electron chi connectivity index (χ3n) is 4.96. The van der Waals surface area contributed by atoms with E-state index in [9.17, 15) is 17.6 Å². The van der Waals surface area contributed by atoms with Gasteiger partial charge in [-0.1, -0.05) is 12.1 Å². The summed E-state index contributed by atoms with van der Waals surface area (Å²) in [5.74, 6) is -0.419. The van der Waals surface area contributed by atoms with Crippen molar-refractivity contribution in [3.05, 3.63) is 59.4 Å². The molecule has 3 rings (SSSR count). The van der Waals surface area contributed by atoms with Gasteiger partial charge in [-0.25, -0.2) is 17.5 Å². The second kappa shape index (κ2) is 7.98. The first-order chi connectivity index (χ1) is 13.2. The summed E-state index contributed by atoms with van der Waals surface area (Å²) in [5, 5.41) is 0. The minimum absolute atomic E-state index is 0.0589. The highest BCUT2D eigenvalue weighted by atomic mass is 32.2. The number of hydrogen-bond acceptors (Lipinski definition) is 4. The molecule has 0 spiro atoms. The Morgan fingerprint density at radius 2 is 2.00 bits per heavy atom. The Labute approximate surface area is 165 Å². The van der Waals surface area contributed by atoms with E-state index in [1.54, 1.807) is 29.2 Å². The maximum absolute atomic E-state index is 13.6. The van der Waals surface area contributed by atoms with Crippen LogP contribution in [0.4, 0.5) is 10.1 Å². The van der Waals surface area contributed by atoms with Crippen LogP contribution in [0.5, 0.6) is 0 Å². The zero-order valence-electron chi connectivity index (χ0n) is 16.1. The summed E-state index contributed by atoms with van der Waals surface area (Å²) in [6, 6.07) is 10.6. The molecule has 0 fully saturated rings. The second-order valence-electron chi connectivity index (χ2n) is 7.10. The first-order valence-electron chi connectivity index (χ1n) is 9.01. The molecule has 1 N–H and O–H groups in total. The minimum atomic E-state index is -3.74. The molecule has 0 radical (unpaired) electrons. The molecule has 0 saturated heterocycles. The summed E-state index contributed by atoms with van der Waals surface area (Å²) in [6.07, 6.45) is 0.627. The van der Waals surface area contributed by atoms with Gasteiger partial charge in [0, 0.05) is 31.7 Å². The van der Waals surface area contributed by atoms with E-state index in [1.165, 1.54) is 25.1 Å². The van der Waals surface area contributed by atoms with Crippen LogP contribution in [-0.2, 0) is 21.2 Å². The lowest BCUT2D eigenvalue weighted by Gasteiger charge is -2.25. The fourth-order valence-corrected chi connectivity index (χ4v) is 4.55. The quantitative estimate of drug-likeness (QED) is 0.801. The standard InChI is InChI=1S/C20H24FN3O3S/c1-14(25)24-10-9-16-12-18(7-8-19(16)24)28(26,27)22-13-20(23(2)3)15-5-4-6-17(21)11-15/h4-8,11-12,20,22H,9-10,13H2,1-3H3. The number of nitrogens with one attached hydrogen (secondary N) is 1. The summed E-state index contributed by atoms with van der Waals surface area (Å²) < 4.78 is 41.8. The molecule has 1 unspecified atom stereocenters. The van der Waals surface area contributed by atoms with E-state index >= 15 is 0 Å². The summed E-state index contributed by atoms with van der Waals surface area (Å²) in [7, 11) is -0.110. The van der Waals surface area contributed by atoms with Gasteiger partial charge >= 0.3 is 0 Å². The number of benzene rings is 2. The van der Waals surface area contributed by atoms with Gasteiger partial charge in [-0.15, -0.1) is 0 Å². The van der Waals surface area contributed by atoms with Crippen LogP contribution in [0.3, 0.4) is 0 Å². The Balaban J connectivity index is 1.79. The average Bonchev–Trinajstić information content (AvgIpc) is 3.05. The van der Waals surface area contributed by atoms with Crippen molar-refractivity contribution in [1.29, 1.82) is 0 Å². The number of amides is 1. The second-order valence-corrected chi connectivity index (χ2v) is 8.86. The van der Waals surface area contributed by atoms with Gasteiger partial charge < -0.3 is 9.80 Å². The van der Waals surface area contributed by atoms with Crippen LogP contribution in [0, 0.1) is 5.82 Å². The van der Waals surface area contributed by atoms with Gasteiger partial charge in [0.15, 0.2) is 0 Å². The third kappa shape index (κ3) is 4.24. The van der Waals surface area contributed by atoms with E-state index in [-0.39, 0.29) is 29.2 Å². The highest BCUT2D eigenvalue weighted by Gasteiger charge is 2.25. The average molecular weight is 405 g/mol. The van der Waals surface area contributed by atoms with Crippen LogP contribution in [0.25, 0.3) is 0 Å². The Morgan fingerprint density at radius 1 is 1.25 bits per heavy atom. The largest absolute Gasteiger partial charge is 0.312 e. The van der Waals surface area contributed by atoms with E-state index < -0.39 is 10.0 Å². The fourth-order valence-electron chi connectivity index (χ4n) is 3.46. The molecule has 2 aromatic carbocycles. The van der Waals surface area contributed by atoms with Crippen molar-refractivity contribution in [3.63, 3.8) is 0 Å². The Kier molecular flexibility index (Phi) is 5.83. The lowest BCUT2D eigenvalue weighted by molar-refractivity contribution is -0.116. The molecule has 0 aliphatic carbocycles. The minimum Gasteiger partial charge on any atom is -0.312 e. The molecule has 8 heteroatoms. The number of fused-ring (bicyclic) bond motifs is 1. The molecular weight excluding hydrogens is 381 g/mol. The number of carbonyl (C=O) groups is 1. The first-order valence-corrected chi connectivity index (χ1v) is 10.5. The smallest absolute Gasteiger partial charge is 0.240 e. The van der Waals surface area contributed by atoms with E-state index in [1.807, 2.05) is 19.0 Å². The molecular formula is C20H24FN3O3S. The Hall–Kier alpha value is -2.29. The van der Waals surface area contributed by atoms with Gasteiger partial charge in [0.25, 0.3) is 0 Å². The van der Waals surface area contributed by atoms with Gasteiger partial charge in [-0.05, 0) is 62.0 Å². The van der Waals surface area contributed by atoms with Gasteiger partial charge in [0.05, 0.1) is 4.90 Å². The van der Waals surface area contributed by atoms with Gasteiger partial charge in [-0.3, -0.25) is 4.79 Å². The van der Waals surface area contributed by atoms with Crippen LogP contribution < -0.4 is 9.62 Å². The zero-order valence-corrected chi connectivity index (χ0v) is 17.0. The number of halogens is 1. The molecule has 2 aromatic rings. The molecule has 150 valence electrons.